The first-order chi connectivity index (χ1) is 13.6. The van der Waals surface area contributed by atoms with E-state index in [-0.39, 0.29) is 18.1 Å². The summed E-state index contributed by atoms with van der Waals surface area (Å²) in [6.07, 6.45) is 1.71. The third kappa shape index (κ3) is 4.74. The number of nitrogens with zero attached hydrogens (tertiary/aromatic N) is 4. The Morgan fingerprint density at radius 3 is 2.68 bits per heavy atom. The van der Waals surface area contributed by atoms with E-state index in [1.807, 2.05) is 4.57 Å². The van der Waals surface area contributed by atoms with Crippen LogP contribution in [0, 0.1) is 15.9 Å². The average molecular weight is 400 g/mol. The number of aromatic nitrogens is 3. The van der Waals surface area contributed by atoms with Crippen LogP contribution in [0.15, 0.2) is 66.3 Å². The first kappa shape index (κ1) is 19.6. The molecule has 1 heterocycles. The Morgan fingerprint density at radius 1 is 1.21 bits per heavy atom. The number of ether oxygens (including phenoxy) is 1. The summed E-state index contributed by atoms with van der Waals surface area (Å²) in [6, 6.07) is 12.3. The molecule has 0 aliphatic carbocycles. The molecule has 0 spiro atoms. The summed E-state index contributed by atoms with van der Waals surface area (Å²) in [5, 5.41) is 20.1. The van der Waals surface area contributed by atoms with Crippen LogP contribution in [0.25, 0.3) is 0 Å². The number of nitro benzene ring substituents is 1. The van der Waals surface area contributed by atoms with E-state index in [0.29, 0.717) is 34.6 Å². The molecule has 0 fully saturated rings. The highest BCUT2D eigenvalue weighted by molar-refractivity contribution is 7.98. The first-order valence-electron chi connectivity index (χ1n) is 8.35. The van der Waals surface area contributed by atoms with E-state index in [1.165, 1.54) is 42.1 Å². The van der Waals surface area contributed by atoms with Crippen LogP contribution in [0.4, 0.5) is 10.1 Å². The second-order valence-corrected chi connectivity index (χ2v) is 6.66. The molecule has 0 bridgehead atoms. The van der Waals surface area contributed by atoms with Crippen molar-refractivity contribution in [3.63, 3.8) is 0 Å². The van der Waals surface area contributed by atoms with E-state index >= 15 is 0 Å². The van der Waals surface area contributed by atoms with Crippen molar-refractivity contribution in [1.82, 2.24) is 14.8 Å². The highest BCUT2D eigenvalue weighted by Crippen LogP contribution is 2.27. The number of nitro groups is 1. The van der Waals surface area contributed by atoms with Crippen molar-refractivity contribution in [3.8, 4) is 5.75 Å². The predicted molar refractivity (Wildman–Crippen MR) is 104 cm³/mol. The zero-order valence-corrected chi connectivity index (χ0v) is 15.6. The number of allylic oxidation sites excluding steroid dienone is 1. The van der Waals surface area contributed by atoms with E-state index in [0.717, 1.165) is 0 Å². The highest BCUT2D eigenvalue weighted by atomic mass is 32.2. The van der Waals surface area contributed by atoms with Crippen molar-refractivity contribution in [2.24, 2.45) is 0 Å². The summed E-state index contributed by atoms with van der Waals surface area (Å²) in [4.78, 5) is 10.8. The molecule has 0 aliphatic heterocycles. The molecule has 1 aromatic heterocycles. The maximum absolute atomic E-state index is 13.0. The Bertz CT molecular complexity index is 976. The Hall–Kier alpha value is -3.20. The van der Waals surface area contributed by atoms with Gasteiger partial charge < -0.3 is 4.74 Å². The lowest BCUT2D eigenvalue weighted by Crippen LogP contribution is -2.07. The van der Waals surface area contributed by atoms with E-state index < -0.39 is 4.92 Å². The van der Waals surface area contributed by atoms with Crippen LogP contribution in [-0.4, -0.2) is 19.7 Å². The van der Waals surface area contributed by atoms with Crippen molar-refractivity contribution in [3.05, 3.63) is 88.5 Å². The monoisotopic (exact) mass is 400 g/mol. The summed E-state index contributed by atoms with van der Waals surface area (Å²) < 4.78 is 20.5. The fourth-order valence-corrected chi connectivity index (χ4v) is 3.44. The number of rotatable bonds is 9. The summed E-state index contributed by atoms with van der Waals surface area (Å²) in [6.45, 7) is 4.36. The second kappa shape index (κ2) is 9.14. The molecule has 0 amide bonds. The first-order valence-corrected chi connectivity index (χ1v) is 9.33. The van der Waals surface area contributed by atoms with Crippen LogP contribution in [0.3, 0.4) is 0 Å². The molecule has 0 unspecified atom stereocenters. The molecule has 0 saturated carbocycles. The molecule has 3 aromatic rings. The molecular formula is C19H17FN4O3S. The van der Waals surface area contributed by atoms with Crippen molar-refractivity contribution < 1.29 is 14.1 Å². The van der Waals surface area contributed by atoms with Crippen LogP contribution in [0.1, 0.15) is 11.4 Å². The van der Waals surface area contributed by atoms with Crippen LogP contribution < -0.4 is 4.74 Å². The highest BCUT2D eigenvalue weighted by Gasteiger charge is 2.16. The minimum atomic E-state index is -0.397. The molecule has 28 heavy (non-hydrogen) atoms. The van der Waals surface area contributed by atoms with Gasteiger partial charge in [0.1, 0.15) is 18.2 Å². The maximum atomic E-state index is 13.0. The smallest absolute Gasteiger partial charge is 0.273 e. The maximum Gasteiger partial charge on any atom is 0.273 e. The number of benzene rings is 2. The van der Waals surface area contributed by atoms with Crippen molar-refractivity contribution in [1.29, 1.82) is 0 Å². The molecule has 2 aromatic carbocycles. The van der Waals surface area contributed by atoms with Gasteiger partial charge in [0.15, 0.2) is 11.0 Å². The predicted octanol–water partition coefficient (Wildman–Crippen LogP) is 4.38. The fraction of sp³-hybridized carbons (Fsp3) is 0.158. The zero-order chi connectivity index (χ0) is 19.9. The third-order valence-corrected chi connectivity index (χ3v) is 4.85. The minimum absolute atomic E-state index is 0.0738. The van der Waals surface area contributed by atoms with Gasteiger partial charge in [-0.3, -0.25) is 14.7 Å². The summed E-state index contributed by atoms with van der Waals surface area (Å²) >= 11 is 1.35. The second-order valence-electron chi connectivity index (χ2n) is 5.72. The summed E-state index contributed by atoms with van der Waals surface area (Å²) in [5.41, 5.74) is 0.680. The van der Waals surface area contributed by atoms with Crippen molar-refractivity contribution in [2.75, 3.05) is 0 Å². The normalized spacial score (nSPS) is 10.6. The van der Waals surface area contributed by atoms with Gasteiger partial charge >= 0.3 is 0 Å². The molecule has 0 atom stereocenters. The Balaban J connectivity index is 1.72. The van der Waals surface area contributed by atoms with Gasteiger partial charge in [0.25, 0.3) is 5.69 Å². The lowest BCUT2D eigenvalue weighted by Gasteiger charge is -2.09. The molecule has 0 saturated heterocycles. The molecule has 3 rings (SSSR count). The minimum Gasteiger partial charge on any atom is -0.486 e. The zero-order valence-electron chi connectivity index (χ0n) is 14.8. The SMILES string of the molecule is C=CCn1c(COc2ccc(F)cc2)nnc1SCc1ccccc1[N+](=O)[O-]. The van der Waals surface area contributed by atoms with E-state index in [2.05, 4.69) is 16.8 Å². The Morgan fingerprint density at radius 2 is 1.96 bits per heavy atom. The van der Waals surface area contributed by atoms with Gasteiger partial charge in [-0.1, -0.05) is 36.0 Å². The summed E-state index contributed by atoms with van der Waals surface area (Å²) in [7, 11) is 0. The van der Waals surface area contributed by atoms with Crippen LogP contribution in [0.5, 0.6) is 5.75 Å². The molecule has 0 N–H and O–H groups in total. The van der Waals surface area contributed by atoms with Gasteiger partial charge in [-0.05, 0) is 24.3 Å². The molecule has 9 heteroatoms. The molecule has 0 radical (unpaired) electrons. The van der Waals surface area contributed by atoms with Gasteiger partial charge in [0, 0.05) is 23.9 Å². The van der Waals surface area contributed by atoms with Gasteiger partial charge in [0.2, 0.25) is 0 Å². The van der Waals surface area contributed by atoms with Crippen LogP contribution >= 0.6 is 11.8 Å². The lowest BCUT2D eigenvalue weighted by molar-refractivity contribution is -0.385. The number of hydrogen-bond donors (Lipinski definition) is 0. The largest absolute Gasteiger partial charge is 0.486 e. The number of para-hydroxylation sites is 1. The number of thioether (sulfide) groups is 1. The fourth-order valence-electron chi connectivity index (χ4n) is 2.48. The summed E-state index contributed by atoms with van der Waals surface area (Å²) in [5.74, 6) is 1.14. The Labute approximate surface area is 165 Å². The number of hydrogen-bond acceptors (Lipinski definition) is 6. The van der Waals surface area contributed by atoms with Crippen molar-refractivity contribution in [2.45, 2.75) is 24.1 Å². The van der Waals surface area contributed by atoms with Gasteiger partial charge in [-0.15, -0.1) is 16.8 Å². The standard InChI is InChI=1S/C19H17FN4O3S/c1-2-11-23-18(12-27-16-9-7-15(20)8-10-16)21-22-19(23)28-13-14-5-3-4-6-17(14)24(25)26/h2-10H,1,11-13H2. The quantitative estimate of drug-likeness (QED) is 0.229. The van der Waals surface area contributed by atoms with E-state index in [1.54, 1.807) is 24.3 Å². The van der Waals surface area contributed by atoms with E-state index in [4.69, 9.17) is 4.74 Å². The van der Waals surface area contributed by atoms with Crippen LogP contribution in [0.2, 0.25) is 0 Å². The van der Waals surface area contributed by atoms with Gasteiger partial charge in [0.05, 0.1) is 4.92 Å². The van der Waals surface area contributed by atoms with Crippen LogP contribution in [-0.2, 0) is 18.9 Å². The molecule has 0 aliphatic rings. The molecular weight excluding hydrogens is 383 g/mol. The third-order valence-electron chi connectivity index (χ3n) is 3.83. The molecule has 7 nitrogen and oxygen atoms in total. The lowest BCUT2D eigenvalue weighted by atomic mass is 10.2. The van der Waals surface area contributed by atoms with E-state index in [9.17, 15) is 14.5 Å². The average Bonchev–Trinajstić information content (AvgIpc) is 3.08. The molecule has 144 valence electrons. The van der Waals surface area contributed by atoms with Gasteiger partial charge in [-0.2, -0.15) is 0 Å². The number of halogens is 1. The Kier molecular flexibility index (Phi) is 6.38. The topological polar surface area (TPSA) is 83.1 Å². The van der Waals surface area contributed by atoms with Crippen molar-refractivity contribution >= 4 is 17.4 Å². The van der Waals surface area contributed by atoms with Gasteiger partial charge in [-0.25, -0.2) is 4.39 Å².